The molecule has 2 nitrogen and oxygen atoms in total. The van der Waals surface area contributed by atoms with Crippen LogP contribution in [0.15, 0.2) is 30.3 Å². The maximum atomic E-state index is 10.6. The van der Waals surface area contributed by atoms with Crippen molar-refractivity contribution in [3.05, 3.63) is 35.9 Å². The van der Waals surface area contributed by atoms with Crippen LogP contribution in [0.1, 0.15) is 25.3 Å². The van der Waals surface area contributed by atoms with Gasteiger partial charge in [-0.25, -0.2) is 0 Å². The minimum absolute atomic E-state index is 0.0599. The van der Waals surface area contributed by atoms with Gasteiger partial charge in [0.25, 0.3) is 0 Å². The average molecular weight is 191 g/mol. The highest BCUT2D eigenvalue weighted by Crippen LogP contribution is 2.03. The molecule has 1 rings (SSSR count). The van der Waals surface area contributed by atoms with Gasteiger partial charge in [-0.1, -0.05) is 30.3 Å². The van der Waals surface area contributed by atoms with Crippen LogP contribution in [0, 0.1) is 0 Å². The van der Waals surface area contributed by atoms with Crippen LogP contribution in [-0.2, 0) is 11.2 Å². The Balaban J connectivity index is 2.08. The van der Waals surface area contributed by atoms with Crippen molar-refractivity contribution in [2.24, 2.45) is 0 Å². The Morgan fingerprint density at radius 1 is 1.21 bits per heavy atom. The molecule has 0 spiro atoms. The minimum atomic E-state index is 0.0599. The van der Waals surface area contributed by atoms with Gasteiger partial charge in [0.05, 0.1) is 0 Å². The lowest BCUT2D eigenvalue weighted by Crippen LogP contribution is -2.20. The second-order valence-electron chi connectivity index (χ2n) is 3.43. The maximum Gasteiger partial charge on any atom is 0.216 e. The van der Waals surface area contributed by atoms with E-state index in [1.807, 2.05) is 6.07 Å². The van der Waals surface area contributed by atoms with Crippen LogP contribution in [0.25, 0.3) is 0 Å². The normalized spacial score (nSPS) is 9.79. The van der Waals surface area contributed by atoms with Gasteiger partial charge in [-0.3, -0.25) is 4.79 Å². The molecular weight excluding hydrogens is 174 g/mol. The molecule has 0 bridgehead atoms. The molecular formula is C12H17NO. The lowest BCUT2D eigenvalue weighted by molar-refractivity contribution is -0.118. The highest BCUT2D eigenvalue weighted by atomic mass is 16.1. The van der Waals surface area contributed by atoms with Crippen LogP contribution >= 0.6 is 0 Å². The number of hydrogen-bond donors (Lipinski definition) is 1. The van der Waals surface area contributed by atoms with Crippen molar-refractivity contribution in [1.82, 2.24) is 5.32 Å². The van der Waals surface area contributed by atoms with E-state index in [4.69, 9.17) is 0 Å². The number of amides is 1. The fourth-order valence-corrected chi connectivity index (χ4v) is 1.36. The van der Waals surface area contributed by atoms with Gasteiger partial charge in [0.15, 0.2) is 0 Å². The van der Waals surface area contributed by atoms with Crippen LogP contribution in [0.3, 0.4) is 0 Å². The monoisotopic (exact) mass is 191 g/mol. The number of unbranched alkanes of at least 4 members (excludes halogenated alkanes) is 1. The molecule has 0 atom stereocenters. The van der Waals surface area contributed by atoms with E-state index < -0.39 is 0 Å². The minimum Gasteiger partial charge on any atom is -0.356 e. The average Bonchev–Trinajstić information content (AvgIpc) is 2.18. The van der Waals surface area contributed by atoms with Crippen LogP contribution in [0.5, 0.6) is 0 Å². The van der Waals surface area contributed by atoms with Gasteiger partial charge in [0.2, 0.25) is 5.91 Å². The SMILES string of the molecule is CC(=O)NCCCCc1ccccc1. The molecule has 76 valence electrons. The topological polar surface area (TPSA) is 29.1 Å². The third kappa shape index (κ3) is 4.65. The fourth-order valence-electron chi connectivity index (χ4n) is 1.36. The summed E-state index contributed by atoms with van der Waals surface area (Å²) in [6.07, 6.45) is 3.28. The van der Waals surface area contributed by atoms with Gasteiger partial charge >= 0.3 is 0 Å². The summed E-state index contributed by atoms with van der Waals surface area (Å²) >= 11 is 0. The number of hydrogen-bond acceptors (Lipinski definition) is 1. The summed E-state index contributed by atoms with van der Waals surface area (Å²) in [5, 5.41) is 2.79. The predicted octanol–water partition coefficient (Wildman–Crippen LogP) is 2.15. The first-order valence-electron chi connectivity index (χ1n) is 5.07. The molecule has 1 N–H and O–H groups in total. The number of nitrogens with one attached hydrogen (secondary N) is 1. The van der Waals surface area contributed by atoms with Crippen molar-refractivity contribution in [3.8, 4) is 0 Å². The number of carbonyl (C=O) groups excluding carboxylic acids is 1. The summed E-state index contributed by atoms with van der Waals surface area (Å²) in [7, 11) is 0. The Morgan fingerprint density at radius 2 is 1.93 bits per heavy atom. The zero-order valence-corrected chi connectivity index (χ0v) is 8.62. The third-order valence-electron chi connectivity index (χ3n) is 2.11. The molecule has 2 heteroatoms. The molecule has 0 saturated heterocycles. The summed E-state index contributed by atoms with van der Waals surface area (Å²) in [6, 6.07) is 10.4. The van der Waals surface area contributed by atoms with E-state index in [1.54, 1.807) is 6.92 Å². The molecule has 0 saturated carbocycles. The van der Waals surface area contributed by atoms with E-state index in [9.17, 15) is 4.79 Å². The van der Waals surface area contributed by atoms with Crippen LogP contribution in [0.2, 0.25) is 0 Å². The molecule has 0 aliphatic carbocycles. The van der Waals surface area contributed by atoms with Gasteiger partial charge in [-0.2, -0.15) is 0 Å². The van der Waals surface area contributed by atoms with Crippen molar-refractivity contribution in [3.63, 3.8) is 0 Å². The first kappa shape index (κ1) is 10.8. The molecule has 0 unspecified atom stereocenters. The quantitative estimate of drug-likeness (QED) is 0.710. The number of benzene rings is 1. The molecule has 0 aliphatic rings. The Hall–Kier alpha value is -1.31. The Kier molecular flexibility index (Phi) is 4.76. The standard InChI is InChI=1S/C12H17NO/c1-11(14)13-10-6-5-9-12-7-3-2-4-8-12/h2-4,7-8H,5-6,9-10H2,1H3,(H,13,14). The zero-order valence-electron chi connectivity index (χ0n) is 8.62. The smallest absolute Gasteiger partial charge is 0.216 e. The number of rotatable bonds is 5. The summed E-state index contributed by atoms with van der Waals surface area (Å²) in [5.41, 5.74) is 1.37. The summed E-state index contributed by atoms with van der Waals surface area (Å²) in [5.74, 6) is 0.0599. The highest BCUT2D eigenvalue weighted by molar-refractivity contribution is 5.72. The Bertz CT molecular complexity index is 269. The van der Waals surface area contributed by atoms with Crippen molar-refractivity contribution in [2.75, 3.05) is 6.54 Å². The van der Waals surface area contributed by atoms with Gasteiger partial charge < -0.3 is 5.32 Å². The third-order valence-corrected chi connectivity index (χ3v) is 2.11. The Morgan fingerprint density at radius 3 is 2.57 bits per heavy atom. The Labute approximate surface area is 85.3 Å². The van der Waals surface area contributed by atoms with Gasteiger partial charge in [0.1, 0.15) is 0 Å². The van der Waals surface area contributed by atoms with E-state index in [0.717, 1.165) is 25.8 Å². The molecule has 0 radical (unpaired) electrons. The van der Waals surface area contributed by atoms with Crippen molar-refractivity contribution in [2.45, 2.75) is 26.2 Å². The highest BCUT2D eigenvalue weighted by Gasteiger charge is 1.93. The van der Waals surface area contributed by atoms with Crippen molar-refractivity contribution in [1.29, 1.82) is 0 Å². The van der Waals surface area contributed by atoms with E-state index in [2.05, 4.69) is 29.6 Å². The molecule has 0 fully saturated rings. The van der Waals surface area contributed by atoms with E-state index in [-0.39, 0.29) is 5.91 Å². The second kappa shape index (κ2) is 6.19. The van der Waals surface area contributed by atoms with Crippen LogP contribution < -0.4 is 5.32 Å². The summed E-state index contributed by atoms with van der Waals surface area (Å²) in [4.78, 5) is 10.6. The van der Waals surface area contributed by atoms with Crippen LogP contribution in [0.4, 0.5) is 0 Å². The van der Waals surface area contributed by atoms with Gasteiger partial charge in [-0.15, -0.1) is 0 Å². The zero-order chi connectivity index (χ0) is 10.2. The predicted molar refractivity (Wildman–Crippen MR) is 58.1 cm³/mol. The van der Waals surface area contributed by atoms with Gasteiger partial charge in [-0.05, 0) is 24.8 Å². The van der Waals surface area contributed by atoms with Crippen LogP contribution in [-0.4, -0.2) is 12.5 Å². The molecule has 1 aromatic carbocycles. The molecule has 1 amide bonds. The molecule has 0 heterocycles. The number of carbonyl (C=O) groups is 1. The maximum absolute atomic E-state index is 10.6. The number of aryl methyl sites for hydroxylation is 1. The van der Waals surface area contributed by atoms with E-state index in [1.165, 1.54) is 5.56 Å². The fraction of sp³-hybridized carbons (Fsp3) is 0.417. The molecule has 1 aromatic rings. The largest absolute Gasteiger partial charge is 0.356 e. The summed E-state index contributed by atoms with van der Waals surface area (Å²) in [6.45, 7) is 2.35. The van der Waals surface area contributed by atoms with Crippen molar-refractivity contribution < 1.29 is 4.79 Å². The van der Waals surface area contributed by atoms with Crippen molar-refractivity contribution >= 4 is 5.91 Å². The molecule has 0 aromatic heterocycles. The summed E-state index contributed by atoms with van der Waals surface area (Å²) < 4.78 is 0. The molecule has 14 heavy (non-hydrogen) atoms. The van der Waals surface area contributed by atoms with E-state index in [0.29, 0.717) is 0 Å². The van der Waals surface area contributed by atoms with E-state index >= 15 is 0 Å². The lowest BCUT2D eigenvalue weighted by atomic mass is 10.1. The molecule has 0 aliphatic heterocycles. The second-order valence-corrected chi connectivity index (χ2v) is 3.43. The first-order chi connectivity index (χ1) is 6.79. The first-order valence-corrected chi connectivity index (χ1v) is 5.07. The lowest BCUT2D eigenvalue weighted by Gasteiger charge is -2.02. The van der Waals surface area contributed by atoms with Gasteiger partial charge in [0, 0.05) is 13.5 Å².